The lowest BCUT2D eigenvalue weighted by Crippen LogP contribution is -2.53. The first kappa shape index (κ1) is 16.4. The van der Waals surface area contributed by atoms with Crippen molar-refractivity contribution < 1.29 is 9.53 Å². The van der Waals surface area contributed by atoms with Gasteiger partial charge in [0.15, 0.2) is 0 Å². The number of nitrogens with one attached hydrogen (secondary N) is 1. The number of nitrogens with zero attached hydrogens (tertiary/aromatic N) is 1. The van der Waals surface area contributed by atoms with Crippen molar-refractivity contribution >= 4 is 5.97 Å². The Morgan fingerprint density at radius 2 is 2.05 bits per heavy atom. The molecule has 1 heterocycles. The van der Waals surface area contributed by atoms with Gasteiger partial charge >= 0.3 is 5.97 Å². The highest BCUT2D eigenvalue weighted by Gasteiger charge is 2.29. The summed E-state index contributed by atoms with van der Waals surface area (Å²) in [4.78, 5) is 14.5. The monoisotopic (exact) mass is 270 g/mol. The van der Waals surface area contributed by atoms with Gasteiger partial charge in [-0.1, -0.05) is 20.8 Å². The van der Waals surface area contributed by atoms with Crippen molar-refractivity contribution in [3.63, 3.8) is 0 Å². The lowest BCUT2D eigenvalue weighted by molar-refractivity contribution is -0.146. The Bertz CT molecular complexity index is 281. The molecule has 4 nitrogen and oxygen atoms in total. The summed E-state index contributed by atoms with van der Waals surface area (Å²) in [6.45, 7) is 12.8. The molecule has 112 valence electrons. The second-order valence-corrected chi connectivity index (χ2v) is 6.11. The van der Waals surface area contributed by atoms with Gasteiger partial charge in [-0.25, -0.2) is 0 Å². The van der Waals surface area contributed by atoms with E-state index in [1.54, 1.807) is 0 Å². The van der Waals surface area contributed by atoms with Crippen molar-refractivity contribution in [2.75, 3.05) is 19.7 Å². The zero-order valence-electron chi connectivity index (χ0n) is 13.1. The number of piperidine rings is 1. The molecule has 0 aromatic rings. The fourth-order valence-electron chi connectivity index (χ4n) is 2.71. The van der Waals surface area contributed by atoms with Crippen LogP contribution in [0.2, 0.25) is 0 Å². The van der Waals surface area contributed by atoms with E-state index >= 15 is 0 Å². The molecular weight excluding hydrogens is 240 g/mol. The standard InChI is InChI=1S/C15H30N2O2/c1-6-19-15(18)14(16-11(2)3)10-17-9-12(4)7-8-13(17)5/h11-14,16H,6-10H2,1-5H3. The number of likely N-dealkylation sites (tertiary alicyclic amines) is 1. The molecule has 19 heavy (non-hydrogen) atoms. The molecule has 0 radical (unpaired) electrons. The largest absolute Gasteiger partial charge is 0.465 e. The zero-order chi connectivity index (χ0) is 14.4. The number of carbonyl (C=O) groups excluding carboxylic acids is 1. The Morgan fingerprint density at radius 1 is 1.37 bits per heavy atom. The maximum absolute atomic E-state index is 12.0. The Morgan fingerprint density at radius 3 is 2.63 bits per heavy atom. The second kappa shape index (κ2) is 7.85. The van der Waals surface area contributed by atoms with E-state index in [1.807, 2.05) is 6.92 Å². The summed E-state index contributed by atoms with van der Waals surface area (Å²) in [6.07, 6.45) is 2.51. The van der Waals surface area contributed by atoms with Crippen LogP contribution in [0.1, 0.15) is 47.5 Å². The molecule has 0 spiro atoms. The fourth-order valence-corrected chi connectivity index (χ4v) is 2.71. The van der Waals surface area contributed by atoms with Gasteiger partial charge in [-0.15, -0.1) is 0 Å². The van der Waals surface area contributed by atoms with E-state index in [9.17, 15) is 4.79 Å². The zero-order valence-corrected chi connectivity index (χ0v) is 13.1. The lowest BCUT2D eigenvalue weighted by atomic mass is 9.94. The van der Waals surface area contributed by atoms with Crippen LogP contribution < -0.4 is 5.32 Å². The van der Waals surface area contributed by atoms with E-state index in [0.717, 1.165) is 19.0 Å². The summed E-state index contributed by atoms with van der Waals surface area (Å²) in [5.41, 5.74) is 0. The highest BCUT2D eigenvalue weighted by Crippen LogP contribution is 2.21. The van der Waals surface area contributed by atoms with Crippen molar-refractivity contribution in [3.05, 3.63) is 0 Å². The average Bonchev–Trinajstić information content (AvgIpc) is 2.32. The van der Waals surface area contributed by atoms with Crippen LogP contribution in [0.5, 0.6) is 0 Å². The molecule has 1 fully saturated rings. The van der Waals surface area contributed by atoms with Crippen molar-refractivity contribution in [1.82, 2.24) is 10.2 Å². The van der Waals surface area contributed by atoms with Gasteiger partial charge in [0, 0.05) is 25.2 Å². The van der Waals surface area contributed by atoms with Crippen LogP contribution in [-0.2, 0) is 9.53 Å². The second-order valence-electron chi connectivity index (χ2n) is 6.11. The topological polar surface area (TPSA) is 41.6 Å². The molecule has 0 amide bonds. The van der Waals surface area contributed by atoms with E-state index in [-0.39, 0.29) is 18.1 Å². The maximum atomic E-state index is 12.0. The quantitative estimate of drug-likeness (QED) is 0.750. The Kier molecular flexibility index (Phi) is 6.80. The summed E-state index contributed by atoms with van der Waals surface area (Å²) < 4.78 is 5.18. The molecule has 1 N–H and O–H groups in total. The summed E-state index contributed by atoms with van der Waals surface area (Å²) in [5.74, 6) is 0.597. The van der Waals surface area contributed by atoms with E-state index in [2.05, 4.69) is 37.9 Å². The highest BCUT2D eigenvalue weighted by molar-refractivity contribution is 5.76. The van der Waals surface area contributed by atoms with Crippen molar-refractivity contribution in [2.24, 2.45) is 5.92 Å². The number of hydrogen-bond acceptors (Lipinski definition) is 4. The molecule has 0 aliphatic carbocycles. The van der Waals surface area contributed by atoms with Crippen molar-refractivity contribution in [1.29, 1.82) is 0 Å². The number of carbonyl (C=O) groups is 1. The van der Waals surface area contributed by atoms with Gasteiger partial charge < -0.3 is 10.1 Å². The first-order chi connectivity index (χ1) is 8.93. The van der Waals surface area contributed by atoms with Gasteiger partial charge in [-0.2, -0.15) is 0 Å². The van der Waals surface area contributed by atoms with Crippen LogP contribution in [0.15, 0.2) is 0 Å². The summed E-state index contributed by atoms with van der Waals surface area (Å²) >= 11 is 0. The minimum Gasteiger partial charge on any atom is -0.465 e. The molecule has 1 rings (SSSR count). The van der Waals surface area contributed by atoms with Gasteiger partial charge in [-0.3, -0.25) is 9.69 Å². The van der Waals surface area contributed by atoms with Gasteiger partial charge in [0.1, 0.15) is 6.04 Å². The Balaban J connectivity index is 2.61. The normalized spacial score (nSPS) is 26.4. The van der Waals surface area contributed by atoms with E-state index in [1.165, 1.54) is 12.8 Å². The molecule has 0 saturated carbocycles. The molecule has 0 aromatic heterocycles. The average molecular weight is 270 g/mol. The first-order valence-corrected chi connectivity index (χ1v) is 7.60. The number of ether oxygens (including phenoxy) is 1. The third-order valence-electron chi connectivity index (χ3n) is 3.77. The molecule has 0 aromatic carbocycles. The number of hydrogen-bond donors (Lipinski definition) is 1. The number of esters is 1. The van der Waals surface area contributed by atoms with Crippen LogP contribution in [0.4, 0.5) is 0 Å². The minimum absolute atomic E-state index is 0.123. The van der Waals surface area contributed by atoms with Crippen LogP contribution in [0.3, 0.4) is 0 Å². The van der Waals surface area contributed by atoms with Crippen molar-refractivity contribution in [2.45, 2.75) is 65.6 Å². The summed E-state index contributed by atoms with van der Waals surface area (Å²) in [7, 11) is 0. The predicted octanol–water partition coefficient (Wildman–Crippen LogP) is 2.04. The number of rotatable bonds is 6. The summed E-state index contributed by atoms with van der Waals surface area (Å²) in [6, 6.07) is 0.627. The molecule has 3 atom stereocenters. The predicted molar refractivity (Wildman–Crippen MR) is 78.1 cm³/mol. The molecule has 3 unspecified atom stereocenters. The van der Waals surface area contributed by atoms with Gasteiger partial charge in [0.25, 0.3) is 0 Å². The van der Waals surface area contributed by atoms with Gasteiger partial charge in [0.05, 0.1) is 6.61 Å². The molecule has 1 aliphatic rings. The third-order valence-corrected chi connectivity index (χ3v) is 3.77. The Labute approximate surface area is 117 Å². The SMILES string of the molecule is CCOC(=O)C(CN1CC(C)CCC1C)NC(C)C. The maximum Gasteiger partial charge on any atom is 0.324 e. The molecule has 0 bridgehead atoms. The van der Waals surface area contributed by atoms with Crippen LogP contribution >= 0.6 is 0 Å². The van der Waals surface area contributed by atoms with E-state index in [4.69, 9.17) is 4.74 Å². The molecule has 1 aliphatic heterocycles. The third kappa shape index (κ3) is 5.49. The van der Waals surface area contributed by atoms with Crippen LogP contribution in [-0.4, -0.2) is 48.7 Å². The van der Waals surface area contributed by atoms with Gasteiger partial charge in [-0.05, 0) is 32.6 Å². The first-order valence-electron chi connectivity index (χ1n) is 7.60. The van der Waals surface area contributed by atoms with Gasteiger partial charge in [0.2, 0.25) is 0 Å². The molecule has 1 saturated heterocycles. The van der Waals surface area contributed by atoms with E-state index < -0.39 is 0 Å². The Hall–Kier alpha value is -0.610. The highest BCUT2D eigenvalue weighted by atomic mass is 16.5. The smallest absolute Gasteiger partial charge is 0.324 e. The van der Waals surface area contributed by atoms with Crippen LogP contribution in [0, 0.1) is 5.92 Å². The minimum atomic E-state index is -0.215. The van der Waals surface area contributed by atoms with E-state index in [0.29, 0.717) is 12.6 Å². The van der Waals surface area contributed by atoms with Crippen molar-refractivity contribution in [3.8, 4) is 0 Å². The molecule has 4 heteroatoms. The fraction of sp³-hybridized carbons (Fsp3) is 0.933. The van der Waals surface area contributed by atoms with Crippen LogP contribution in [0.25, 0.3) is 0 Å². The lowest BCUT2D eigenvalue weighted by Gasteiger charge is -2.38. The summed E-state index contributed by atoms with van der Waals surface area (Å²) in [5, 5.41) is 3.33. The molecular formula is C15H30N2O2.